The Hall–Kier alpha value is -1.06. The van der Waals surface area contributed by atoms with E-state index in [0.29, 0.717) is 24.0 Å². The summed E-state index contributed by atoms with van der Waals surface area (Å²) >= 11 is 0. The second-order valence-electron chi connectivity index (χ2n) is 6.50. The third-order valence-electron chi connectivity index (χ3n) is 4.98. The molecule has 110 valence electrons. The van der Waals surface area contributed by atoms with Gasteiger partial charge in [-0.25, -0.2) is 0 Å². The summed E-state index contributed by atoms with van der Waals surface area (Å²) in [7, 11) is 2.24. The van der Waals surface area contributed by atoms with Gasteiger partial charge in [-0.15, -0.1) is 0 Å². The van der Waals surface area contributed by atoms with Gasteiger partial charge in [0.2, 0.25) is 0 Å². The minimum atomic E-state index is 0.447. The van der Waals surface area contributed by atoms with Crippen LogP contribution in [-0.4, -0.2) is 37.2 Å². The number of nitrogens with one attached hydrogen (secondary N) is 1. The van der Waals surface area contributed by atoms with E-state index in [1.54, 1.807) is 0 Å². The van der Waals surface area contributed by atoms with Crippen LogP contribution in [0, 0.1) is 5.92 Å². The number of para-hydroxylation sites is 1. The molecule has 4 unspecified atom stereocenters. The molecule has 4 atom stereocenters. The molecule has 0 bridgehead atoms. The van der Waals surface area contributed by atoms with E-state index in [-0.39, 0.29) is 0 Å². The Morgan fingerprint density at radius 1 is 1.25 bits per heavy atom. The summed E-state index contributed by atoms with van der Waals surface area (Å²) in [5.74, 6) is 1.76. The fourth-order valence-corrected chi connectivity index (χ4v) is 3.55. The van der Waals surface area contributed by atoms with E-state index in [0.717, 1.165) is 18.8 Å². The van der Waals surface area contributed by atoms with Crippen LogP contribution >= 0.6 is 0 Å². The van der Waals surface area contributed by atoms with Gasteiger partial charge in [0.1, 0.15) is 5.75 Å². The van der Waals surface area contributed by atoms with Crippen LogP contribution in [0.3, 0.4) is 0 Å². The van der Waals surface area contributed by atoms with Crippen molar-refractivity contribution >= 4 is 0 Å². The molecule has 2 aliphatic heterocycles. The number of likely N-dealkylation sites (tertiary alicyclic amines) is 1. The number of piperidine rings is 1. The summed E-state index contributed by atoms with van der Waals surface area (Å²) in [5.41, 5.74) is 1.33. The first-order valence-electron chi connectivity index (χ1n) is 7.83. The van der Waals surface area contributed by atoms with E-state index in [9.17, 15) is 0 Å². The lowest BCUT2D eigenvalue weighted by molar-refractivity contribution is 0.110. The topological polar surface area (TPSA) is 24.5 Å². The molecule has 0 aromatic heterocycles. The van der Waals surface area contributed by atoms with E-state index in [1.165, 1.54) is 18.5 Å². The molecule has 3 rings (SSSR count). The SMILES string of the molecule is CC1CN(C)C(C)CC1NC1CCOc2ccccc21. The molecule has 2 heterocycles. The lowest BCUT2D eigenvalue weighted by Crippen LogP contribution is -2.52. The largest absolute Gasteiger partial charge is 0.493 e. The normalized spacial score (nSPS) is 34.4. The van der Waals surface area contributed by atoms with Gasteiger partial charge in [0.05, 0.1) is 6.61 Å². The van der Waals surface area contributed by atoms with Crippen molar-refractivity contribution in [3.63, 3.8) is 0 Å². The summed E-state index contributed by atoms with van der Waals surface area (Å²) < 4.78 is 5.76. The number of benzene rings is 1. The summed E-state index contributed by atoms with van der Waals surface area (Å²) in [6.45, 7) is 6.71. The minimum absolute atomic E-state index is 0.447. The van der Waals surface area contributed by atoms with Gasteiger partial charge in [0.15, 0.2) is 0 Å². The lowest BCUT2D eigenvalue weighted by atomic mass is 9.88. The smallest absolute Gasteiger partial charge is 0.124 e. The van der Waals surface area contributed by atoms with E-state index in [1.807, 2.05) is 0 Å². The number of hydrogen-bond acceptors (Lipinski definition) is 3. The molecular weight excluding hydrogens is 248 g/mol. The lowest BCUT2D eigenvalue weighted by Gasteiger charge is -2.42. The van der Waals surface area contributed by atoms with Crippen molar-refractivity contribution in [2.45, 2.75) is 44.8 Å². The summed E-state index contributed by atoms with van der Waals surface area (Å²) in [4.78, 5) is 2.47. The number of ether oxygens (including phenoxy) is 1. The molecule has 1 aromatic carbocycles. The van der Waals surface area contributed by atoms with Crippen molar-refractivity contribution in [2.75, 3.05) is 20.2 Å². The van der Waals surface area contributed by atoms with Crippen molar-refractivity contribution in [1.82, 2.24) is 10.2 Å². The molecule has 0 saturated carbocycles. The Morgan fingerprint density at radius 2 is 2.05 bits per heavy atom. The Bertz CT molecular complexity index is 462. The van der Waals surface area contributed by atoms with Gasteiger partial charge in [0.25, 0.3) is 0 Å². The van der Waals surface area contributed by atoms with Gasteiger partial charge in [-0.2, -0.15) is 0 Å². The average molecular weight is 274 g/mol. The molecule has 2 aliphatic rings. The van der Waals surface area contributed by atoms with Crippen LogP contribution in [0.15, 0.2) is 24.3 Å². The number of nitrogens with zero attached hydrogens (tertiary/aromatic N) is 1. The van der Waals surface area contributed by atoms with Gasteiger partial charge in [-0.1, -0.05) is 25.1 Å². The first-order chi connectivity index (χ1) is 9.65. The molecule has 0 spiro atoms. The van der Waals surface area contributed by atoms with Crippen LogP contribution in [-0.2, 0) is 0 Å². The molecule has 1 saturated heterocycles. The highest BCUT2D eigenvalue weighted by Gasteiger charge is 2.32. The van der Waals surface area contributed by atoms with Gasteiger partial charge < -0.3 is 15.0 Å². The van der Waals surface area contributed by atoms with Gasteiger partial charge in [0, 0.05) is 36.7 Å². The predicted molar refractivity (Wildman–Crippen MR) is 82.1 cm³/mol. The number of rotatable bonds is 2. The minimum Gasteiger partial charge on any atom is -0.493 e. The fourth-order valence-electron chi connectivity index (χ4n) is 3.55. The summed E-state index contributed by atoms with van der Waals surface area (Å²) in [6, 6.07) is 10.2. The van der Waals surface area contributed by atoms with Crippen molar-refractivity contribution < 1.29 is 4.74 Å². The second kappa shape index (κ2) is 5.74. The van der Waals surface area contributed by atoms with Crippen LogP contribution in [0.25, 0.3) is 0 Å². The molecule has 3 nitrogen and oxygen atoms in total. The van der Waals surface area contributed by atoms with Crippen molar-refractivity contribution in [2.24, 2.45) is 5.92 Å². The molecule has 1 N–H and O–H groups in total. The number of fused-ring (bicyclic) bond motifs is 1. The molecule has 0 amide bonds. The molecule has 3 heteroatoms. The van der Waals surface area contributed by atoms with Gasteiger partial charge in [-0.3, -0.25) is 0 Å². The van der Waals surface area contributed by atoms with E-state index >= 15 is 0 Å². The van der Waals surface area contributed by atoms with Crippen LogP contribution in [0.2, 0.25) is 0 Å². The maximum Gasteiger partial charge on any atom is 0.124 e. The molecule has 0 radical (unpaired) electrons. The third kappa shape index (κ3) is 2.70. The maximum atomic E-state index is 5.76. The Labute approximate surface area is 122 Å². The third-order valence-corrected chi connectivity index (χ3v) is 4.98. The zero-order valence-corrected chi connectivity index (χ0v) is 12.8. The highest BCUT2D eigenvalue weighted by Crippen LogP contribution is 2.33. The molecule has 20 heavy (non-hydrogen) atoms. The van der Waals surface area contributed by atoms with E-state index in [2.05, 4.69) is 55.4 Å². The zero-order valence-electron chi connectivity index (χ0n) is 12.8. The zero-order chi connectivity index (χ0) is 14.1. The van der Waals surface area contributed by atoms with Gasteiger partial charge in [-0.05, 0) is 32.4 Å². The standard InChI is InChI=1S/C17H26N2O/c1-12-11-19(3)13(2)10-16(12)18-15-8-9-20-17-7-5-4-6-14(15)17/h4-7,12-13,15-16,18H,8-11H2,1-3H3. The summed E-state index contributed by atoms with van der Waals surface area (Å²) in [6.07, 6.45) is 2.31. The van der Waals surface area contributed by atoms with Crippen LogP contribution in [0.5, 0.6) is 5.75 Å². The fraction of sp³-hybridized carbons (Fsp3) is 0.647. The Kier molecular flexibility index (Phi) is 3.99. The second-order valence-corrected chi connectivity index (χ2v) is 6.50. The van der Waals surface area contributed by atoms with E-state index in [4.69, 9.17) is 4.74 Å². The van der Waals surface area contributed by atoms with Crippen molar-refractivity contribution in [3.8, 4) is 5.75 Å². The van der Waals surface area contributed by atoms with Crippen LogP contribution in [0.4, 0.5) is 0 Å². The molecular formula is C17H26N2O. The average Bonchev–Trinajstić information content (AvgIpc) is 2.45. The van der Waals surface area contributed by atoms with Crippen LogP contribution < -0.4 is 10.1 Å². The van der Waals surface area contributed by atoms with Crippen molar-refractivity contribution in [3.05, 3.63) is 29.8 Å². The Morgan fingerprint density at radius 3 is 2.90 bits per heavy atom. The monoisotopic (exact) mass is 274 g/mol. The first-order valence-corrected chi connectivity index (χ1v) is 7.83. The van der Waals surface area contributed by atoms with Crippen molar-refractivity contribution in [1.29, 1.82) is 0 Å². The highest BCUT2D eigenvalue weighted by molar-refractivity contribution is 5.37. The quantitative estimate of drug-likeness (QED) is 0.897. The summed E-state index contributed by atoms with van der Waals surface area (Å²) in [5, 5.41) is 3.91. The first kappa shape index (κ1) is 13.9. The predicted octanol–water partition coefficient (Wildman–Crippen LogP) is 2.83. The maximum absolute atomic E-state index is 5.76. The number of hydrogen-bond donors (Lipinski definition) is 1. The molecule has 1 fully saturated rings. The van der Waals surface area contributed by atoms with Crippen LogP contribution in [0.1, 0.15) is 38.3 Å². The van der Waals surface area contributed by atoms with E-state index < -0.39 is 0 Å². The molecule has 1 aromatic rings. The Balaban J connectivity index is 1.72. The molecule has 0 aliphatic carbocycles. The van der Waals surface area contributed by atoms with Gasteiger partial charge >= 0.3 is 0 Å². The highest BCUT2D eigenvalue weighted by atomic mass is 16.5.